The Morgan fingerprint density at radius 2 is 1.46 bits per heavy atom. The number of nitrogens with zero attached hydrogens (tertiary/aromatic N) is 4. The van der Waals surface area contributed by atoms with Crippen molar-refractivity contribution in [3.63, 3.8) is 0 Å². The van der Waals surface area contributed by atoms with Gasteiger partial charge in [0, 0.05) is 32.5 Å². The molecule has 5 heteroatoms. The van der Waals surface area contributed by atoms with Crippen LogP contribution < -0.4 is 4.98 Å². The molecular formula is C21H18IrN4-2. The van der Waals surface area contributed by atoms with Crippen molar-refractivity contribution in [2.45, 2.75) is 13.8 Å². The zero-order chi connectivity index (χ0) is 17.5. The van der Waals surface area contributed by atoms with Crippen molar-refractivity contribution >= 4 is 0 Å². The fourth-order valence-corrected chi connectivity index (χ4v) is 2.19. The van der Waals surface area contributed by atoms with E-state index in [1.165, 1.54) is 0 Å². The average molecular weight is 519 g/mol. The number of imidazole rings is 1. The first-order valence-electron chi connectivity index (χ1n) is 8.01. The van der Waals surface area contributed by atoms with Crippen LogP contribution in [0.15, 0.2) is 73.1 Å². The molecule has 3 heterocycles. The van der Waals surface area contributed by atoms with Crippen LogP contribution in [0.5, 0.6) is 0 Å². The molecule has 0 atom stereocenters. The minimum Gasteiger partial charge on any atom is -0.438 e. The maximum Gasteiger partial charge on any atom is 0.0620 e. The number of rotatable bonds is 2. The van der Waals surface area contributed by atoms with Crippen molar-refractivity contribution in [3.8, 4) is 22.8 Å². The summed E-state index contributed by atoms with van der Waals surface area (Å²) in [5.74, 6) is 0.718. The number of pyridine rings is 2. The smallest absolute Gasteiger partial charge is 0.0620 e. The van der Waals surface area contributed by atoms with Crippen LogP contribution in [0.25, 0.3) is 22.8 Å². The van der Waals surface area contributed by atoms with E-state index in [0.29, 0.717) is 0 Å². The molecule has 0 aliphatic heterocycles. The van der Waals surface area contributed by atoms with Crippen molar-refractivity contribution in [1.29, 1.82) is 0 Å². The summed E-state index contributed by atoms with van der Waals surface area (Å²) in [5.41, 5.74) is 4.79. The molecule has 3 aromatic heterocycles. The summed E-state index contributed by atoms with van der Waals surface area (Å²) in [6.45, 7) is 3.91. The number of hydrogen-bond acceptors (Lipinski definition) is 3. The van der Waals surface area contributed by atoms with Gasteiger partial charge in [-0.05, 0) is 43.6 Å². The van der Waals surface area contributed by atoms with E-state index in [1.54, 1.807) is 12.4 Å². The molecule has 0 saturated heterocycles. The summed E-state index contributed by atoms with van der Waals surface area (Å²) in [5, 5.41) is 0. The molecule has 0 aliphatic rings. The van der Waals surface area contributed by atoms with Crippen LogP contribution in [0.3, 0.4) is 0 Å². The SMILES string of the molecule is Cc1nc(-c2ccccn2)[n-]c1C.[Ir].[c-]1ccccc1-c1ccccn1. The summed E-state index contributed by atoms with van der Waals surface area (Å²) < 4.78 is 0. The third kappa shape index (κ3) is 5.19. The zero-order valence-electron chi connectivity index (χ0n) is 14.6. The fourth-order valence-electron chi connectivity index (χ4n) is 2.19. The third-order valence-electron chi connectivity index (χ3n) is 3.61. The number of aromatic nitrogens is 4. The molecule has 0 fully saturated rings. The van der Waals surface area contributed by atoms with Gasteiger partial charge >= 0.3 is 0 Å². The molecule has 0 N–H and O–H groups in total. The van der Waals surface area contributed by atoms with Crippen molar-refractivity contribution in [2.24, 2.45) is 0 Å². The maximum absolute atomic E-state index is 4.31. The standard InChI is InChI=1S/C11H8N.C10H10N3.Ir/c1-2-6-10(7-3-1)11-8-4-5-9-12-11;1-7-8(2)13-10(12-7)9-5-3-4-6-11-9;/h1-6,8-9H;3-6H,1-2H3;/q2*-1;. The monoisotopic (exact) mass is 519 g/mol. The van der Waals surface area contributed by atoms with Gasteiger partial charge in [0.25, 0.3) is 0 Å². The zero-order valence-corrected chi connectivity index (χ0v) is 16.9. The molecule has 4 aromatic rings. The third-order valence-corrected chi connectivity index (χ3v) is 3.61. The molecule has 4 nitrogen and oxygen atoms in total. The Labute approximate surface area is 167 Å². The minimum absolute atomic E-state index is 0. The van der Waals surface area contributed by atoms with Crippen molar-refractivity contribution < 1.29 is 20.1 Å². The van der Waals surface area contributed by atoms with Gasteiger partial charge in [-0.25, -0.2) is 0 Å². The van der Waals surface area contributed by atoms with Crippen LogP contribution >= 0.6 is 0 Å². The predicted molar refractivity (Wildman–Crippen MR) is 98.8 cm³/mol. The van der Waals surface area contributed by atoms with Gasteiger partial charge in [0.05, 0.1) is 5.69 Å². The largest absolute Gasteiger partial charge is 0.438 e. The molecule has 1 aromatic carbocycles. The van der Waals surface area contributed by atoms with Gasteiger partial charge in [0.2, 0.25) is 0 Å². The Morgan fingerprint density at radius 3 is 1.96 bits per heavy atom. The molecule has 26 heavy (non-hydrogen) atoms. The molecule has 1 radical (unpaired) electrons. The van der Waals surface area contributed by atoms with Crippen LogP contribution in [0.2, 0.25) is 0 Å². The van der Waals surface area contributed by atoms with E-state index in [4.69, 9.17) is 0 Å². The Kier molecular flexibility index (Phi) is 7.39. The van der Waals surface area contributed by atoms with E-state index >= 15 is 0 Å². The normalized spacial score (nSPS) is 9.62. The Bertz CT molecular complexity index is 850. The second kappa shape index (κ2) is 9.76. The summed E-state index contributed by atoms with van der Waals surface area (Å²) >= 11 is 0. The molecule has 0 saturated carbocycles. The van der Waals surface area contributed by atoms with Crippen LogP contribution in [-0.2, 0) is 20.1 Å². The van der Waals surface area contributed by atoms with E-state index < -0.39 is 0 Å². The maximum atomic E-state index is 4.31. The van der Waals surface area contributed by atoms with Gasteiger partial charge in [-0.15, -0.1) is 35.9 Å². The molecule has 0 amide bonds. The molecule has 0 bridgehead atoms. The first-order chi connectivity index (χ1) is 12.2. The van der Waals surface area contributed by atoms with Gasteiger partial charge in [0.15, 0.2) is 0 Å². The summed E-state index contributed by atoms with van der Waals surface area (Å²) in [6, 6.07) is 22.5. The van der Waals surface area contributed by atoms with Gasteiger partial charge in [0.1, 0.15) is 0 Å². The van der Waals surface area contributed by atoms with Crippen molar-refractivity contribution in [1.82, 2.24) is 19.9 Å². The summed E-state index contributed by atoms with van der Waals surface area (Å²) in [7, 11) is 0. The second-order valence-electron chi connectivity index (χ2n) is 5.42. The number of hydrogen-bond donors (Lipinski definition) is 0. The molecule has 0 spiro atoms. The minimum atomic E-state index is 0. The van der Waals surface area contributed by atoms with E-state index in [0.717, 1.165) is 34.2 Å². The van der Waals surface area contributed by atoms with E-state index in [-0.39, 0.29) is 20.1 Å². The van der Waals surface area contributed by atoms with Crippen LogP contribution in [0, 0.1) is 19.9 Å². The first kappa shape index (κ1) is 19.7. The van der Waals surface area contributed by atoms with Gasteiger partial charge in [-0.2, -0.15) is 0 Å². The van der Waals surface area contributed by atoms with E-state index in [2.05, 4.69) is 26.0 Å². The van der Waals surface area contributed by atoms with Gasteiger partial charge in [-0.1, -0.05) is 29.6 Å². The molecule has 0 unspecified atom stereocenters. The molecule has 0 aliphatic carbocycles. The van der Waals surface area contributed by atoms with Crippen LogP contribution in [-0.4, -0.2) is 15.0 Å². The van der Waals surface area contributed by atoms with Gasteiger partial charge < -0.3 is 15.0 Å². The van der Waals surface area contributed by atoms with E-state index in [9.17, 15) is 0 Å². The Morgan fingerprint density at radius 1 is 0.808 bits per heavy atom. The number of aryl methyl sites for hydroxylation is 2. The summed E-state index contributed by atoms with van der Waals surface area (Å²) in [4.78, 5) is 17.0. The fraction of sp³-hybridized carbons (Fsp3) is 0.0952. The second-order valence-corrected chi connectivity index (χ2v) is 5.42. The van der Waals surface area contributed by atoms with Crippen molar-refractivity contribution in [2.75, 3.05) is 0 Å². The quantitative estimate of drug-likeness (QED) is 0.372. The van der Waals surface area contributed by atoms with Crippen LogP contribution in [0.1, 0.15) is 11.4 Å². The van der Waals surface area contributed by atoms with Crippen molar-refractivity contribution in [3.05, 3.63) is 90.5 Å². The van der Waals surface area contributed by atoms with Crippen LogP contribution in [0.4, 0.5) is 0 Å². The summed E-state index contributed by atoms with van der Waals surface area (Å²) in [6.07, 6.45) is 3.53. The van der Waals surface area contributed by atoms with Gasteiger partial charge in [-0.3, -0.25) is 4.98 Å². The molecular weight excluding hydrogens is 500 g/mol. The molecule has 133 valence electrons. The first-order valence-corrected chi connectivity index (χ1v) is 8.01. The van der Waals surface area contributed by atoms with E-state index in [1.807, 2.05) is 74.5 Å². The Hall–Kier alpha value is -2.62. The number of benzene rings is 1. The Balaban J connectivity index is 0.000000180. The average Bonchev–Trinajstić information content (AvgIpc) is 3.03. The molecule has 4 rings (SSSR count). The predicted octanol–water partition coefficient (Wildman–Crippen LogP) is 4.26. The topological polar surface area (TPSA) is 52.8 Å².